The van der Waals surface area contributed by atoms with Crippen molar-refractivity contribution in [1.29, 1.82) is 0 Å². The molecule has 7 heteroatoms. The lowest BCUT2D eigenvalue weighted by molar-refractivity contribution is -0.138. The second-order valence-electron chi connectivity index (χ2n) is 5.39. The minimum atomic E-state index is -4.40. The lowest BCUT2D eigenvalue weighted by atomic mass is 10.1. The first-order valence-electron chi connectivity index (χ1n) is 7.04. The van der Waals surface area contributed by atoms with Gasteiger partial charge in [-0.05, 0) is 42.0 Å². The molecule has 0 amide bonds. The molecule has 0 saturated heterocycles. The van der Waals surface area contributed by atoms with E-state index >= 15 is 0 Å². The molecule has 0 fully saturated rings. The number of ether oxygens (including phenoxy) is 1. The number of carboxylic acids is 1. The number of anilines is 1. The predicted octanol–water partition coefficient (Wildman–Crippen LogP) is 4.19. The average molecular weight is 339 g/mol. The molecule has 24 heavy (non-hydrogen) atoms. The summed E-state index contributed by atoms with van der Waals surface area (Å²) in [5, 5.41) is 8.86. The minimum absolute atomic E-state index is 0.124. The molecule has 0 aromatic heterocycles. The van der Waals surface area contributed by atoms with Crippen LogP contribution in [0.5, 0.6) is 11.5 Å². The van der Waals surface area contributed by atoms with Gasteiger partial charge < -0.3 is 14.7 Å². The fraction of sp³-hybridized carbons (Fsp3) is 0.235. The number of carbonyl (C=O) groups is 1. The molecule has 0 radical (unpaired) electrons. The molecule has 0 heterocycles. The standard InChI is InChI=1S/C17H16F3NO3/c1-21(2)14-9-11(10-16(22)23)3-8-15(14)24-13-6-4-12(5-7-13)17(18,19)20/h3-9H,10H2,1-2H3,(H,22,23). The topological polar surface area (TPSA) is 49.8 Å². The Morgan fingerprint density at radius 2 is 1.75 bits per heavy atom. The molecule has 2 aromatic rings. The number of hydrogen-bond acceptors (Lipinski definition) is 3. The van der Waals surface area contributed by atoms with Crippen molar-refractivity contribution >= 4 is 11.7 Å². The van der Waals surface area contributed by atoms with E-state index in [4.69, 9.17) is 9.84 Å². The molecule has 0 atom stereocenters. The lowest BCUT2D eigenvalue weighted by Crippen LogP contribution is -2.11. The van der Waals surface area contributed by atoms with E-state index in [1.165, 1.54) is 12.1 Å². The first kappa shape index (κ1) is 17.7. The summed E-state index contributed by atoms with van der Waals surface area (Å²) in [6, 6.07) is 9.27. The van der Waals surface area contributed by atoms with Crippen LogP contribution in [-0.4, -0.2) is 25.2 Å². The molecule has 0 aliphatic carbocycles. The van der Waals surface area contributed by atoms with Crippen molar-refractivity contribution in [1.82, 2.24) is 0 Å². The second-order valence-corrected chi connectivity index (χ2v) is 5.39. The zero-order valence-electron chi connectivity index (χ0n) is 13.1. The van der Waals surface area contributed by atoms with Crippen LogP contribution in [-0.2, 0) is 17.4 Å². The third-order valence-electron chi connectivity index (χ3n) is 3.27. The highest BCUT2D eigenvalue weighted by molar-refractivity contribution is 5.72. The monoisotopic (exact) mass is 339 g/mol. The van der Waals surface area contributed by atoms with Crippen molar-refractivity contribution < 1.29 is 27.8 Å². The SMILES string of the molecule is CN(C)c1cc(CC(=O)O)ccc1Oc1ccc(C(F)(F)F)cc1. The van der Waals surface area contributed by atoms with Crippen molar-refractivity contribution in [3.63, 3.8) is 0 Å². The van der Waals surface area contributed by atoms with Gasteiger partial charge in [0.15, 0.2) is 5.75 Å². The minimum Gasteiger partial charge on any atom is -0.481 e. The van der Waals surface area contributed by atoms with Crippen molar-refractivity contribution in [3.8, 4) is 11.5 Å². The molecule has 1 N–H and O–H groups in total. The van der Waals surface area contributed by atoms with Gasteiger partial charge >= 0.3 is 12.1 Å². The second kappa shape index (κ2) is 6.82. The molecular formula is C17H16F3NO3. The molecule has 128 valence electrons. The van der Waals surface area contributed by atoms with Gasteiger partial charge in [-0.1, -0.05) is 6.07 Å². The van der Waals surface area contributed by atoms with Crippen LogP contribution < -0.4 is 9.64 Å². The Bertz CT molecular complexity index is 725. The van der Waals surface area contributed by atoms with Crippen LogP contribution in [0.25, 0.3) is 0 Å². The number of nitrogens with zero attached hydrogens (tertiary/aromatic N) is 1. The van der Waals surface area contributed by atoms with Crippen molar-refractivity contribution in [2.75, 3.05) is 19.0 Å². The zero-order chi connectivity index (χ0) is 17.9. The maximum Gasteiger partial charge on any atom is 0.416 e. The Morgan fingerprint density at radius 3 is 2.25 bits per heavy atom. The molecule has 2 rings (SSSR count). The molecule has 0 saturated carbocycles. The van der Waals surface area contributed by atoms with Crippen LogP contribution in [0.3, 0.4) is 0 Å². The van der Waals surface area contributed by atoms with E-state index in [1.54, 1.807) is 37.2 Å². The van der Waals surface area contributed by atoms with Crippen LogP contribution in [0.4, 0.5) is 18.9 Å². The largest absolute Gasteiger partial charge is 0.481 e. The number of carboxylic acid groups (broad SMARTS) is 1. The number of aliphatic carboxylic acids is 1. The zero-order valence-corrected chi connectivity index (χ0v) is 13.1. The average Bonchev–Trinajstić information content (AvgIpc) is 2.47. The fourth-order valence-electron chi connectivity index (χ4n) is 2.12. The molecule has 0 spiro atoms. The highest BCUT2D eigenvalue weighted by Gasteiger charge is 2.30. The Labute approximate surface area is 137 Å². The summed E-state index contributed by atoms with van der Waals surface area (Å²) in [5.41, 5.74) is 0.485. The van der Waals surface area contributed by atoms with E-state index in [1.807, 2.05) is 0 Å². The molecule has 4 nitrogen and oxygen atoms in total. The maximum absolute atomic E-state index is 12.6. The van der Waals surface area contributed by atoms with Crippen LogP contribution >= 0.6 is 0 Å². The molecule has 0 aliphatic heterocycles. The quantitative estimate of drug-likeness (QED) is 0.887. The fourth-order valence-corrected chi connectivity index (χ4v) is 2.12. The van der Waals surface area contributed by atoms with Crippen LogP contribution in [0.15, 0.2) is 42.5 Å². The molecule has 2 aromatic carbocycles. The Kier molecular flexibility index (Phi) is 5.02. The van der Waals surface area contributed by atoms with E-state index in [9.17, 15) is 18.0 Å². The summed E-state index contributed by atoms with van der Waals surface area (Å²) < 4.78 is 43.4. The van der Waals surface area contributed by atoms with Crippen molar-refractivity contribution in [2.24, 2.45) is 0 Å². The highest BCUT2D eigenvalue weighted by atomic mass is 19.4. The number of hydrogen-bond donors (Lipinski definition) is 1. The van der Waals surface area contributed by atoms with Gasteiger partial charge in [-0.3, -0.25) is 4.79 Å². The Hall–Kier alpha value is -2.70. The van der Waals surface area contributed by atoms with Gasteiger partial charge in [0.2, 0.25) is 0 Å². The summed E-state index contributed by atoms with van der Waals surface area (Å²) in [6.45, 7) is 0. The first-order valence-corrected chi connectivity index (χ1v) is 7.04. The van der Waals surface area contributed by atoms with E-state index in [-0.39, 0.29) is 12.2 Å². The summed E-state index contributed by atoms with van der Waals surface area (Å²) in [6.07, 6.45) is -4.52. The van der Waals surface area contributed by atoms with E-state index in [0.29, 0.717) is 17.0 Å². The van der Waals surface area contributed by atoms with Gasteiger partial charge in [0.05, 0.1) is 17.7 Å². The normalized spacial score (nSPS) is 11.2. The third kappa shape index (κ3) is 4.41. The Balaban J connectivity index is 2.27. The Morgan fingerprint density at radius 1 is 1.12 bits per heavy atom. The van der Waals surface area contributed by atoms with Gasteiger partial charge in [-0.2, -0.15) is 13.2 Å². The van der Waals surface area contributed by atoms with E-state index in [2.05, 4.69) is 0 Å². The van der Waals surface area contributed by atoms with E-state index < -0.39 is 17.7 Å². The van der Waals surface area contributed by atoms with Crippen molar-refractivity contribution in [3.05, 3.63) is 53.6 Å². The van der Waals surface area contributed by atoms with Gasteiger partial charge in [0.25, 0.3) is 0 Å². The number of alkyl halides is 3. The first-order chi connectivity index (χ1) is 11.2. The number of rotatable bonds is 5. The lowest BCUT2D eigenvalue weighted by Gasteiger charge is -2.19. The van der Waals surface area contributed by atoms with Crippen LogP contribution in [0, 0.1) is 0 Å². The molecular weight excluding hydrogens is 323 g/mol. The number of benzene rings is 2. The molecule has 0 bridgehead atoms. The highest BCUT2D eigenvalue weighted by Crippen LogP contribution is 2.34. The predicted molar refractivity (Wildman–Crippen MR) is 83.6 cm³/mol. The maximum atomic E-state index is 12.6. The van der Waals surface area contributed by atoms with Gasteiger partial charge in [0, 0.05) is 14.1 Å². The van der Waals surface area contributed by atoms with Gasteiger partial charge in [-0.25, -0.2) is 0 Å². The summed E-state index contributed by atoms with van der Waals surface area (Å²) in [5.74, 6) is -0.262. The van der Waals surface area contributed by atoms with Crippen LogP contribution in [0.1, 0.15) is 11.1 Å². The summed E-state index contributed by atoms with van der Waals surface area (Å²) in [7, 11) is 3.53. The van der Waals surface area contributed by atoms with E-state index in [0.717, 1.165) is 12.1 Å². The molecule has 0 aliphatic rings. The smallest absolute Gasteiger partial charge is 0.416 e. The third-order valence-corrected chi connectivity index (χ3v) is 3.27. The summed E-state index contributed by atoms with van der Waals surface area (Å²) in [4.78, 5) is 12.5. The molecule has 0 unspecified atom stereocenters. The van der Waals surface area contributed by atoms with Crippen LogP contribution in [0.2, 0.25) is 0 Å². The van der Waals surface area contributed by atoms with Gasteiger partial charge in [-0.15, -0.1) is 0 Å². The van der Waals surface area contributed by atoms with Crippen molar-refractivity contribution in [2.45, 2.75) is 12.6 Å². The van der Waals surface area contributed by atoms with Gasteiger partial charge in [0.1, 0.15) is 5.75 Å². The summed E-state index contributed by atoms with van der Waals surface area (Å²) >= 11 is 0. The number of halogens is 3.